The minimum absolute atomic E-state index is 0.106. The second-order valence-electron chi connectivity index (χ2n) is 7.30. The third kappa shape index (κ3) is 7.59. The summed E-state index contributed by atoms with van der Waals surface area (Å²) in [5, 5.41) is 28.3. The first-order valence-corrected chi connectivity index (χ1v) is 9.32. The molecule has 0 aliphatic heterocycles. The van der Waals surface area contributed by atoms with Crippen LogP contribution in [0.2, 0.25) is 0 Å². The van der Waals surface area contributed by atoms with Crippen molar-refractivity contribution in [1.82, 2.24) is 0 Å². The number of rotatable bonds is 11. The zero-order valence-corrected chi connectivity index (χ0v) is 16.1. The van der Waals surface area contributed by atoms with Crippen molar-refractivity contribution >= 4 is 0 Å². The van der Waals surface area contributed by atoms with E-state index in [1.807, 2.05) is 38.1 Å². The van der Waals surface area contributed by atoms with E-state index in [1.54, 1.807) is 18.2 Å². The number of benzene rings is 2. The summed E-state index contributed by atoms with van der Waals surface area (Å²) in [6.07, 6.45) is 2.57. The summed E-state index contributed by atoms with van der Waals surface area (Å²) in [5.41, 5.74) is 1.73. The Labute approximate surface area is 161 Å². The van der Waals surface area contributed by atoms with E-state index in [0.29, 0.717) is 30.1 Å². The van der Waals surface area contributed by atoms with Gasteiger partial charge in [0.2, 0.25) is 0 Å². The van der Waals surface area contributed by atoms with Crippen LogP contribution in [0.15, 0.2) is 42.5 Å². The van der Waals surface area contributed by atoms with Crippen molar-refractivity contribution in [2.45, 2.75) is 58.5 Å². The van der Waals surface area contributed by atoms with Crippen molar-refractivity contribution in [3.8, 4) is 11.5 Å². The molecule has 2 aromatic rings. The summed E-state index contributed by atoms with van der Waals surface area (Å²) in [5.74, 6) is 1.44. The van der Waals surface area contributed by atoms with Gasteiger partial charge in [-0.15, -0.1) is 0 Å². The molecule has 2 aromatic carbocycles. The van der Waals surface area contributed by atoms with Crippen LogP contribution in [-0.2, 0) is 19.8 Å². The van der Waals surface area contributed by atoms with E-state index in [1.165, 1.54) is 0 Å². The quantitative estimate of drug-likeness (QED) is 0.524. The fourth-order valence-corrected chi connectivity index (χ4v) is 2.73. The summed E-state index contributed by atoms with van der Waals surface area (Å²) in [6.45, 7) is 4.40. The van der Waals surface area contributed by atoms with Crippen molar-refractivity contribution in [3.05, 3.63) is 59.2 Å². The van der Waals surface area contributed by atoms with Gasteiger partial charge in [-0.2, -0.15) is 0 Å². The fourth-order valence-electron chi connectivity index (χ4n) is 2.73. The lowest BCUT2D eigenvalue weighted by molar-refractivity contribution is 0.0670. The van der Waals surface area contributed by atoms with Crippen LogP contribution in [0.5, 0.6) is 11.5 Å². The first-order valence-electron chi connectivity index (χ1n) is 9.32. The Morgan fingerprint density at radius 2 is 1.59 bits per heavy atom. The highest BCUT2D eigenvalue weighted by Gasteiger charge is 2.11. The van der Waals surface area contributed by atoms with Gasteiger partial charge >= 0.3 is 0 Å². The van der Waals surface area contributed by atoms with Crippen LogP contribution in [0, 0.1) is 0 Å². The molecule has 3 N–H and O–H groups in total. The molecule has 0 fully saturated rings. The van der Waals surface area contributed by atoms with Gasteiger partial charge in [-0.1, -0.05) is 18.2 Å². The van der Waals surface area contributed by atoms with Gasteiger partial charge in [-0.25, -0.2) is 0 Å². The number of aliphatic hydroxyl groups excluding tert-OH is 2. The predicted molar refractivity (Wildman–Crippen MR) is 105 cm³/mol. The van der Waals surface area contributed by atoms with Gasteiger partial charge in [0.05, 0.1) is 25.4 Å². The summed E-state index contributed by atoms with van der Waals surface area (Å²) in [4.78, 5) is 0. The van der Waals surface area contributed by atoms with Crippen molar-refractivity contribution in [2.24, 2.45) is 0 Å². The molecule has 0 heterocycles. The summed E-state index contributed by atoms with van der Waals surface area (Å²) >= 11 is 0. The Kier molecular flexibility index (Phi) is 8.10. The van der Waals surface area contributed by atoms with Crippen LogP contribution < -0.4 is 9.47 Å². The summed E-state index contributed by atoms with van der Waals surface area (Å²) < 4.78 is 11.6. The van der Waals surface area contributed by atoms with E-state index < -0.39 is 5.60 Å². The molecular formula is C22H30O5. The molecule has 0 saturated heterocycles. The highest BCUT2D eigenvalue weighted by atomic mass is 16.5. The van der Waals surface area contributed by atoms with Crippen LogP contribution in [0.4, 0.5) is 0 Å². The second kappa shape index (κ2) is 10.3. The van der Waals surface area contributed by atoms with Crippen LogP contribution in [0.1, 0.15) is 49.8 Å². The molecule has 0 aliphatic carbocycles. The molecule has 0 aliphatic rings. The molecule has 2 rings (SSSR count). The average molecular weight is 374 g/mol. The molecule has 5 heteroatoms. The lowest BCUT2D eigenvalue weighted by Crippen LogP contribution is -2.18. The minimum atomic E-state index is -0.622. The van der Waals surface area contributed by atoms with Crippen LogP contribution in [0.3, 0.4) is 0 Å². The largest absolute Gasteiger partial charge is 0.494 e. The Morgan fingerprint density at radius 3 is 2.30 bits per heavy atom. The Bertz CT molecular complexity index is 706. The normalized spacial score (nSPS) is 11.4. The van der Waals surface area contributed by atoms with E-state index in [4.69, 9.17) is 9.47 Å². The van der Waals surface area contributed by atoms with E-state index in [2.05, 4.69) is 0 Å². The molecular weight excluding hydrogens is 344 g/mol. The maximum Gasteiger partial charge on any atom is 0.120 e. The maximum absolute atomic E-state index is 9.70. The van der Waals surface area contributed by atoms with Crippen molar-refractivity contribution < 1.29 is 24.8 Å². The van der Waals surface area contributed by atoms with Gasteiger partial charge in [0.25, 0.3) is 0 Å². The van der Waals surface area contributed by atoms with Crippen LogP contribution >= 0.6 is 0 Å². The van der Waals surface area contributed by atoms with E-state index in [9.17, 15) is 15.3 Å². The highest BCUT2D eigenvalue weighted by molar-refractivity contribution is 5.35. The number of unbranched alkanes of at least 4 members (excludes halogenated alkanes) is 1. The molecule has 0 spiro atoms. The van der Waals surface area contributed by atoms with Gasteiger partial charge < -0.3 is 24.8 Å². The smallest absolute Gasteiger partial charge is 0.120 e. The maximum atomic E-state index is 9.70. The number of hydrogen-bond acceptors (Lipinski definition) is 5. The molecule has 0 amide bonds. The Morgan fingerprint density at radius 1 is 0.852 bits per heavy atom. The Balaban J connectivity index is 1.83. The highest BCUT2D eigenvalue weighted by Crippen LogP contribution is 2.21. The van der Waals surface area contributed by atoms with Gasteiger partial charge in [0.1, 0.15) is 18.1 Å². The van der Waals surface area contributed by atoms with Gasteiger partial charge in [0.15, 0.2) is 0 Å². The molecule has 148 valence electrons. The average Bonchev–Trinajstić information content (AvgIpc) is 2.65. The first-order chi connectivity index (χ1) is 12.9. The number of ether oxygens (including phenoxy) is 2. The molecule has 0 saturated carbocycles. The molecule has 0 atom stereocenters. The van der Waals surface area contributed by atoms with Crippen molar-refractivity contribution in [3.63, 3.8) is 0 Å². The molecule has 5 nitrogen and oxygen atoms in total. The Hall–Kier alpha value is -2.08. The van der Waals surface area contributed by atoms with Crippen LogP contribution in [0.25, 0.3) is 0 Å². The van der Waals surface area contributed by atoms with Crippen molar-refractivity contribution in [1.29, 1.82) is 0 Å². The first kappa shape index (κ1) is 21.2. The molecule has 27 heavy (non-hydrogen) atoms. The zero-order chi connectivity index (χ0) is 19.7. The monoisotopic (exact) mass is 374 g/mol. The zero-order valence-electron chi connectivity index (χ0n) is 16.1. The molecule has 0 aromatic heterocycles. The second-order valence-corrected chi connectivity index (χ2v) is 7.30. The number of hydrogen-bond donors (Lipinski definition) is 3. The molecule has 0 unspecified atom stereocenters. The van der Waals surface area contributed by atoms with E-state index in [0.717, 1.165) is 30.6 Å². The lowest BCUT2D eigenvalue weighted by Gasteiger charge is -2.16. The summed E-state index contributed by atoms with van der Waals surface area (Å²) in [7, 11) is 0. The molecule has 0 bridgehead atoms. The third-order valence-corrected chi connectivity index (χ3v) is 4.27. The van der Waals surface area contributed by atoms with Gasteiger partial charge in [-0.05, 0) is 74.1 Å². The van der Waals surface area contributed by atoms with E-state index in [-0.39, 0.29) is 13.2 Å². The minimum Gasteiger partial charge on any atom is -0.494 e. The fraction of sp³-hybridized carbons (Fsp3) is 0.455. The van der Waals surface area contributed by atoms with Gasteiger partial charge in [-0.3, -0.25) is 0 Å². The predicted octanol–water partition coefficient (Wildman–Crippen LogP) is 3.57. The molecule has 0 radical (unpaired) electrons. The third-order valence-electron chi connectivity index (χ3n) is 4.27. The SMILES string of the molecule is CC(C)(O)CCCCOc1cccc(COc2ccc(CO)c(CO)c2)c1. The standard InChI is InChI=1S/C22H30O5/c1-22(2,25)10-3-4-11-26-20-7-5-6-17(12-20)16-27-21-9-8-18(14-23)19(13-21)15-24/h5-9,12-13,23-25H,3-4,10-11,14-16H2,1-2H3. The summed E-state index contributed by atoms with van der Waals surface area (Å²) in [6, 6.07) is 13.1. The van der Waals surface area contributed by atoms with E-state index >= 15 is 0 Å². The van der Waals surface area contributed by atoms with Gasteiger partial charge in [0, 0.05) is 0 Å². The number of aliphatic hydroxyl groups is 3. The lowest BCUT2D eigenvalue weighted by atomic mass is 10.0. The topological polar surface area (TPSA) is 79.2 Å². The van der Waals surface area contributed by atoms with Crippen LogP contribution in [-0.4, -0.2) is 27.5 Å². The van der Waals surface area contributed by atoms with Crippen molar-refractivity contribution in [2.75, 3.05) is 6.61 Å².